The summed E-state index contributed by atoms with van der Waals surface area (Å²) in [4.78, 5) is 14.5. The van der Waals surface area contributed by atoms with Gasteiger partial charge in [-0.15, -0.1) is 24.8 Å². The van der Waals surface area contributed by atoms with Crippen LogP contribution in [0.4, 0.5) is 0 Å². The van der Waals surface area contributed by atoms with Crippen LogP contribution in [0.15, 0.2) is 18.5 Å². The second-order valence-corrected chi connectivity index (χ2v) is 2.92. The first-order valence-electron chi connectivity index (χ1n) is 3.80. The Balaban J connectivity index is 0. The van der Waals surface area contributed by atoms with E-state index in [4.69, 9.17) is 5.11 Å². The molecule has 0 amide bonds. The van der Waals surface area contributed by atoms with E-state index in [1.165, 1.54) is 6.20 Å². The molecule has 0 aliphatic rings. The van der Waals surface area contributed by atoms with Gasteiger partial charge in [0, 0.05) is 12.4 Å². The number of pyridine rings is 1. The molecule has 80 valence electrons. The highest BCUT2D eigenvalue weighted by Crippen LogP contribution is 2.17. The number of hydrogen-bond acceptors (Lipinski definition) is 2. The lowest BCUT2D eigenvalue weighted by atomic mass is 10.00. The maximum absolute atomic E-state index is 10.7. The van der Waals surface area contributed by atoms with Gasteiger partial charge in [0.1, 0.15) is 0 Å². The molecule has 0 fully saturated rings. The standard InChI is InChI=1S/C9H11NO2.2ClH/c1-6(2)7-3-4-10-5-8(7)9(11)12;;/h3-6H,1-2H3,(H,11,12);2*1H. The van der Waals surface area contributed by atoms with Crippen molar-refractivity contribution in [1.82, 2.24) is 4.98 Å². The van der Waals surface area contributed by atoms with Crippen molar-refractivity contribution in [3.05, 3.63) is 29.6 Å². The monoisotopic (exact) mass is 237 g/mol. The van der Waals surface area contributed by atoms with E-state index in [-0.39, 0.29) is 30.7 Å². The summed E-state index contributed by atoms with van der Waals surface area (Å²) in [6.45, 7) is 3.92. The molecule has 1 heterocycles. The van der Waals surface area contributed by atoms with Gasteiger partial charge in [0.05, 0.1) is 5.56 Å². The predicted octanol–water partition coefficient (Wildman–Crippen LogP) is 2.75. The van der Waals surface area contributed by atoms with E-state index < -0.39 is 5.97 Å². The molecule has 5 heteroatoms. The number of hydrogen-bond donors (Lipinski definition) is 1. The number of aromatic nitrogens is 1. The Morgan fingerprint density at radius 2 is 2.00 bits per heavy atom. The Labute approximate surface area is 95.4 Å². The molecule has 0 bridgehead atoms. The van der Waals surface area contributed by atoms with Gasteiger partial charge < -0.3 is 5.11 Å². The van der Waals surface area contributed by atoms with Crippen molar-refractivity contribution in [2.45, 2.75) is 19.8 Å². The van der Waals surface area contributed by atoms with Crippen molar-refractivity contribution in [3.63, 3.8) is 0 Å². The van der Waals surface area contributed by atoms with E-state index in [0.29, 0.717) is 5.56 Å². The molecule has 0 unspecified atom stereocenters. The molecule has 1 N–H and O–H groups in total. The minimum atomic E-state index is -0.910. The fourth-order valence-electron chi connectivity index (χ4n) is 1.09. The van der Waals surface area contributed by atoms with Crippen molar-refractivity contribution in [1.29, 1.82) is 0 Å². The van der Waals surface area contributed by atoms with Gasteiger partial charge in [-0.05, 0) is 17.5 Å². The van der Waals surface area contributed by atoms with Gasteiger partial charge in [0.25, 0.3) is 0 Å². The summed E-state index contributed by atoms with van der Waals surface area (Å²) < 4.78 is 0. The van der Waals surface area contributed by atoms with Gasteiger partial charge in [-0.2, -0.15) is 0 Å². The minimum Gasteiger partial charge on any atom is -0.478 e. The molecule has 0 radical (unpaired) electrons. The summed E-state index contributed by atoms with van der Waals surface area (Å²) in [6.07, 6.45) is 3.00. The van der Waals surface area contributed by atoms with E-state index in [1.54, 1.807) is 12.3 Å². The lowest BCUT2D eigenvalue weighted by Crippen LogP contribution is -2.04. The Bertz CT molecular complexity index is 303. The average Bonchev–Trinajstić information content (AvgIpc) is 2.04. The third kappa shape index (κ3) is 3.52. The van der Waals surface area contributed by atoms with Crippen molar-refractivity contribution in [2.24, 2.45) is 0 Å². The third-order valence-corrected chi connectivity index (χ3v) is 1.71. The summed E-state index contributed by atoms with van der Waals surface area (Å²) in [5.74, 6) is -0.689. The quantitative estimate of drug-likeness (QED) is 0.861. The molecule has 0 atom stereocenters. The highest BCUT2D eigenvalue weighted by molar-refractivity contribution is 5.89. The van der Waals surface area contributed by atoms with Crippen molar-refractivity contribution < 1.29 is 9.90 Å². The van der Waals surface area contributed by atoms with Crippen LogP contribution in [-0.4, -0.2) is 16.1 Å². The fraction of sp³-hybridized carbons (Fsp3) is 0.333. The molecule has 0 aromatic carbocycles. The van der Waals surface area contributed by atoms with Crippen molar-refractivity contribution >= 4 is 30.8 Å². The Kier molecular flexibility index (Phi) is 7.41. The molecular formula is C9H13Cl2NO2. The van der Waals surface area contributed by atoms with Gasteiger partial charge in [0.15, 0.2) is 0 Å². The first-order chi connectivity index (χ1) is 5.63. The first-order valence-corrected chi connectivity index (χ1v) is 3.80. The van der Waals surface area contributed by atoms with Crippen LogP contribution in [-0.2, 0) is 0 Å². The summed E-state index contributed by atoms with van der Waals surface area (Å²) in [5, 5.41) is 8.77. The lowest BCUT2D eigenvalue weighted by Gasteiger charge is -2.07. The predicted molar refractivity (Wildman–Crippen MR) is 59.8 cm³/mol. The summed E-state index contributed by atoms with van der Waals surface area (Å²) >= 11 is 0. The summed E-state index contributed by atoms with van der Waals surface area (Å²) in [6, 6.07) is 1.74. The van der Waals surface area contributed by atoms with Crippen LogP contribution in [0.3, 0.4) is 0 Å². The molecule has 0 aliphatic heterocycles. The van der Waals surface area contributed by atoms with Crippen LogP contribution in [0.2, 0.25) is 0 Å². The number of halogens is 2. The molecule has 0 spiro atoms. The lowest BCUT2D eigenvalue weighted by molar-refractivity contribution is 0.0695. The van der Waals surface area contributed by atoms with Gasteiger partial charge in [-0.1, -0.05) is 13.8 Å². The molecule has 0 aliphatic carbocycles. The largest absolute Gasteiger partial charge is 0.478 e. The van der Waals surface area contributed by atoms with Gasteiger partial charge in [-0.3, -0.25) is 4.98 Å². The summed E-state index contributed by atoms with van der Waals surface area (Å²) in [7, 11) is 0. The third-order valence-electron chi connectivity index (χ3n) is 1.71. The zero-order valence-corrected chi connectivity index (χ0v) is 9.56. The Morgan fingerprint density at radius 3 is 2.36 bits per heavy atom. The van der Waals surface area contributed by atoms with Crippen LogP contribution in [0, 0.1) is 0 Å². The fourth-order valence-corrected chi connectivity index (χ4v) is 1.09. The second-order valence-electron chi connectivity index (χ2n) is 2.92. The molecule has 14 heavy (non-hydrogen) atoms. The smallest absolute Gasteiger partial charge is 0.337 e. The van der Waals surface area contributed by atoms with Gasteiger partial charge in [-0.25, -0.2) is 4.79 Å². The molecule has 0 saturated carbocycles. The number of aromatic carboxylic acids is 1. The van der Waals surface area contributed by atoms with E-state index in [9.17, 15) is 4.79 Å². The molecule has 1 aromatic rings. The van der Waals surface area contributed by atoms with E-state index in [1.807, 2.05) is 13.8 Å². The number of nitrogens with zero attached hydrogens (tertiary/aromatic N) is 1. The van der Waals surface area contributed by atoms with Crippen LogP contribution < -0.4 is 0 Å². The summed E-state index contributed by atoms with van der Waals surface area (Å²) in [5.41, 5.74) is 1.13. The highest BCUT2D eigenvalue weighted by Gasteiger charge is 2.11. The topological polar surface area (TPSA) is 50.2 Å². The Hall–Kier alpha value is -0.800. The van der Waals surface area contributed by atoms with E-state index in [2.05, 4.69) is 4.98 Å². The van der Waals surface area contributed by atoms with Gasteiger partial charge in [0.2, 0.25) is 0 Å². The minimum absolute atomic E-state index is 0. The molecule has 1 aromatic heterocycles. The van der Waals surface area contributed by atoms with Crippen LogP contribution in [0.25, 0.3) is 0 Å². The molecule has 0 saturated heterocycles. The van der Waals surface area contributed by atoms with Crippen LogP contribution in [0.5, 0.6) is 0 Å². The molecule has 1 rings (SSSR count). The van der Waals surface area contributed by atoms with Crippen molar-refractivity contribution in [2.75, 3.05) is 0 Å². The number of carboxylic acid groups (broad SMARTS) is 1. The first kappa shape index (κ1) is 15.7. The van der Waals surface area contributed by atoms with E-state index >= 15 is 0 Å². The van der Waals surface area contributed by atoms with Gasteiger partial charge >= 0.3 is 5.97 Å². The number of carbonyl (C=O) groups is 1. The van der Waals surface area contributed by atoms with Crippen LogP contribution in [0.1, 0.15) is 35.7 Å². The Morgan fingerprint density at radius 1 is 1.43 bits per heavy atom. The van der Waals surface area contributed by atoms with Crippen LogP contribution >= 0.6 is 24.8 Å². The zero-order valence-electron chi connectivity index (χ0n) is 7.93. The number of carboxylic acids is 1. The normalized spacial score (nSPS) is 8.79. The van der Waals surface area contributed by atoms with E-state index in [0.717, 1.165) is 5.56 Å². The maximum Gasteiger partial charge on any atom is 0.337 e. The SMILES string of the molecule is CC(C)c1ccncc1C(=O)O.Cl.Cl. The molecule has 3 nitrogen and oxygen atoms in total. The average molecular weight is 238 g/mol. The molecular weight excluding hydrogens is 225 g/mol. The maximum atomic E-state index is 10.7. The highest BCUT2D eigenvalue weighted by atomic mass is 35.5. The second kappa shape index (κ2) is 6.62. The number of rotatable bonds is 2. The zero-order chi connectivity index (χ0) is 9.14. The van der Waals surface area contributed by atoms with Crippen molar-refractivity contribution in [3.8, 4) is 0 Å².